The van der Waals surface area contributed by atoms with Crippen molar-refractivity contribution in [3.05, 3.63) is 52.4 Å². The molecule has 0 unspecified atom stereocenters. The molecule has 0 aliphatic rings. The van der Waals surface area contributed by atoms with Crippen LogP contribution in [0.1, 0.15) is 25.2 Å². The molecule has 0 saturated heterocycles. The van der Waals surface area contributed by atoms with Crippen molar-refractivity contribution in [1.82, 2.24) is 5.32 Å². The van der Waals surface area contributed by atoms with Gasteiger partial charge in [-0.1, -0.05) is 15.9 Å². The SMILES string of the molecule is CC(C)Oc1ccc(Br)cc1CNCc1ccco1. The van der Waals surface area contributed by atoms with Crippen LogP contribution in [-0.4, -0.2) is 6.10 Å². The van der Waals surface area contributed by atoms with E-state index < -0.39 is 0 Å². The Kier molecular flexibility index (Phi) is 5.05. The Morgan fingerprint density at radius 3 is 2.79 bits per heavy atom. The Morgan fingerprint density at radius 1 is 1.26 bits per heavy atom. The van der Waals surface area contributed by atoms with Gasteiger partial charge in [-0.05, 0) is 44.2 Å². The second-order valence-electron chi connectivity index (χ2n) is 4.60. The first-order valence-corrected chi connectivity index (χ1v) is 7.12. The third-order valence-corrected chi connectivity index (χ3v) is 3.07. The van der Waals surface area contributed by atoms with Crippen molar-refractivity contribution < 1.29 is 9.15 Å². The van der Waals surface area contributed by atoms with Gasteiger partial charge in [-0.3, -0.25) is 0 Å². The van der Waals surface area contributed by atoms with Gasteiger partial charge < -0.3 is 14.5 Å². The molecule has 4 heteroatoms. The zero-order valence-corrected chi connectivity index (χ0v) is 12.7. The highest BCUT2D eigenvalue weighted by Gasteiger charge is 2.06. The van der Waals surface area contributed by atoms with Gasteiger partial charge in [0.2, 0.25) is 0 Å². The molecule has 1 heterocycles. The monoisotopic (exact) mass is 323 g/mol. The molecule has 1 N–H and O–H groups in total. The molecular weight excluding hydrogens is 306 g/mol. The number of nitrogens with one attached hydrogen (secondary N) is 1. The Morgan fingerprint density at radius 2 is 2.11 bits per heavy atom. The lowest BCUT2D eigenvalue weighted by Crippen LogP contribution is -2.14. The highest BCUT2D eigenvalue weighted by molar-refractivity contribution is 9.10. The first-order valence-electron chi connectivity index (χ1n) is 6.33. The molecule has 0 spiro atoms. The van der Waals surface area contributed by atoms with Crippen molar-refractivity contribution in [3.8, 4) is 5.75 Å². The van der Waals surface area contributed by atoms with Crippen LogP contribution < -0.4 is 10.1 Å². The fourth-order valence-corrected chi connectivity index (χ4v) is 2.20. The van der Waals surface area contributed by atoms with E-state index in [0.717, 1.165) is 28.1 Å². The van der Waals surface area contributed by atoms with Gasteiger partial charge in [0.15, 0.2) is 0 Å². The van der Waals surface area contributed by atoms with E-state index >= 15 is 0 Å². The predicted octanol–water partition coefficient (Wildman–Crippen LogP) is 4.12. The minimum absolute atomic E-state index is 0.171. The molecule has 2 aromatic rings. The molecule has 0 radical (unpaired) electrons. The van der Waals surface area contributed by atoms with E-state index in [2.05, 4.69) is 27.3 Å². The lowest BCUT2D eigenvalue weighted by molar-refractivity contribution is 0.239. The van der Waals surface area contributed by atoms with E-state index in [9.17, 15) is 0 Å². The Labute approximate surface area is 122 Å². The molecule has 0 atom stereocenters. The summed E-state index contributed by atoms with van der Waals surface area (Å²) < 4.78 is 12.1. The van der Waals surface area contributed by atoms with Crippen LogP contribution in [0.15, 0.2) is 45.5 Å². The zero-order chi connectivity index (χ0) is 13.7. The molecule has 0 saturated carbocycles. The van der Waals surface area contributed by atoms with Crippen molar-refractivity contribution in [2.45, 2.75) is 33.0 Å². The summed E-state index contributed by atoms with van der Waals surface area (Å²) in [7, 11) is 0. The summed E-state index contributed by atoms with van der Waals surface area (Å²) in [4.78, 5) is 0. The summed E-state index contributed by atoms with van der Waals surface area (Å²) in [6.45, 7) is 5.51. The van der Waals surface area contributed by atoms with E-state index in [4.69, 9.17) is 9.15 Å². The standard InChI is InChI=1S/C15H18BrNO2/c1-11(2)19-15-6-5-13(16)8-12(15)9-17-10-14-4-3-7-18-14/h3-8,11,17H,9-10H2,1-2H3. The van der Waals surface area contributed by atoms with Crippen molar-refractivity contribution in [1.29, 1.82) is 0 Å². The molecule has 0 aliphatic carbocycles. The van der Waals surface area contributed by atoms with Gasteiger partial charge in [-0.15, -0.1) is 0 Å². The quantitative estimate of drug-likeness (QED) is 0.868. The topological polar surface area (TPSA) is 34.4 Å². The van der Waals surface area contributed by atoms with Crippen LogP contribution in [0.4, 0.5) is 0 Å². The van der Waals surface area contributed by atoms with E-state index in [-0.39, 0.29) is 6.10 Å². The molecular formula is C15H18BrNO2. The number of furan rings is 1. The fraction of sp³-hybridized carbons (Fsp3) is 0.333. The van der Waals surface area contributed by atoms with Crippen LogP contribution in [0.2, 0.25) is 0 Å². The minimum Gasteiger partial charge on any atom is -0.491 e. The fourth-order valence-electron chi connectivity index (χ4n) is 1.79. The van der Waals surface area contributed by atoms with Crippen LogP contribution in [0, 0.1) is 0 Å². The molecule has 0 aliphatic heterocycles. The van der Waals surface area contributed by atoms with Crippen LogP contribution >= 0.6 is 15.9 Å². The van der Waals surface area contributed by atoms with Gasteiger partial charge in [-0.25, -0.2) is 0 Å². The van der Waals surface area contributed by atoms with E-state index in [1.807, 2.05) is 38.1 Å². The minimum atomic E-state index is 0.171. The zero-order valence-electron chi connectivity index (χ0n) is 11.2. The smallest absolute Gasteiger partial charge is 0.124 e. The molecule has 0 amide bonds. The van der Waals surface area contributed by atoms with E-state index in [1.54, 1.807) is 6.26 Å². The Balaban J connectivity index is 1.99. The Bertz CT molecular complexity index is 509. The number of rotatable bonds is 6. The van der Waals surface area contributed by atoms with Crippen LogP contribution in [-0.2, 0) is 13.1 Å². The first-order chi connectivity index (χ1) is 9.15. The third-order valence-electron chi connectivity index (χ3n) is 2.58. The molecule has 2 rings (SSSR count). The summed E-state index contributed by atoms with van der Waals surface area (Å²) in [5.74, 6) is 1.85. The molecule has 19 heavy (non-hydrogen) atoms. The lowest BCUT2D eigenvalue weighted by atomic mass is 10.2. The van der Waals surface area contributed by atoms with E-state index in [0.29, 0.717) is 6.54 Å². The van der Waals surface area contributed by atoms with Crippen molar-refractivity contribution in [2.24, 2.45) is 0 Å². The molecule has 3 nitrogen and oxygen atoms in total. The largest absolute Gasteiger partial charge is 0.491 e. The van der Waals surface area contributed by atoms with Gasteiger partial charge >= 0.3 is 0 Å². The number of halogens is 1. The first kappa shape index (κ1) is 14.2. The third kappa shape index (κ3) is 4.40. The molecule has 0 fully saturated rings. The average Bonchev–Trinajstić information content (AvgIpc) is 2.85. The van der Waals surface area contributed by atoms with Crippen molar-refractivity contribution in [3.63, 3.8) is 0 Å². The highest BCUT2D eigenvalue weighted by atomic mass is 79.9. The molecule has 1 aromatic carbocycles. The van der Waals surface area contributed by atoms with Gasteiger partial charge in [0.05, 0.1) is 18.9 Å². The van der Waals surface area contributed by atoms with Crippen LogP contribution in [0.3, 0.4) is 0 Å². The molecule has 1 aromatic heterocycles. The summed E-state index contributed by atoms with van der Waals surface area (Å²) >= 11 is 3.49. The maximum atomic E-state index is 5.80. The van der Waals surface area contributed by atoms with Crippen molar-refractivity contribution in [2.75, 3.05) is 0 Å². The summed E-state index contributed by atoms with van der Waals surface area (Å²) in [5, 5.41) is 3.35. The number of hydrogen-bond donors (Lipinski definition) is 1. The van der Waals surface area contributed by atoms with Gasteiger partial charge in [-0.2, -0.15) is 0 Å². The predicted molar refractivity (Wildman–Crippen MR) is 79.2 cm³/mol. The van der Waals surface area contributed by atoms with Gasteiger partial charge in [0.25, 0.3) is 0 Å². The van der Waals surface area contributed by atoms with Gasteiger partial charge in [0, 0.05) is 16.6 Å². The highest BCUT2D eigenvalue weighted by Crippen LogP contribution is 2.24. The molecule has 102 valence electrons. The van der Waals surface area contributed by atoms with Crippen molar-refractivity contribution >= 4 is 15.9 Å². The number of benzene rings is 1. The van der Waals surface area contributed by atoms with Gasteiger partial charge in [0.1, 0.15) is 11.5 Å². The maximum absolute atomic E-state index is 5.80. The normalized spacial score (nSPS) is 10.9. The average molecular weight is 324 g/mol. The Hall–Kier alpha value is -1.26. The summed E-state index contributed by atoms with van der Waals surface area (Å²) in [6.07, 6.45) is 1.86. The summed E-state index contributed by atoms with van der Waals surface area (Å²) in [6, 6.07) is 9.91. The van der Waals surface area contributed by atoms with Crippen LogP contribution in [0.5, 0.6) is 5.75 Å². The maximum Gasteiger partial charge on any atom is 0.124 e. The second kappa shape index (κ2) is 6.78. The number of hydrogen-bond acceptors (Lipinski definition) is 3. The molecule has 0 bridgehead atoms. The van der Waals surface area contributed by atoms with Crippen LogP contribution in [0.25, 0.3) is 0 Å². The summed E-state index contributed by atoms with van der Waals surface area (Å²) in [5.41, 5.74) is 1.13. The second-order valence-corrected chi connectivity index (χ2v) is 5.52. The van der Waals surface area contributed by atoms with E-state index in [1.165, 1.54) is 0 Å². The number of ether oxygens (including phenoxy) is 1. The lowest BCUT2D eigenvalue weighted by Gasteiger charge is -2.15.